The molecule has 1 aromatic carbocycles. The fourth-order valence-electron chi connectivity index (χ4n) is 3.51. The summed E-state index contributed by atoms with van der Waals surface area (Å²) in [5.74, 6) is -1.68. The van der Waals surface area contributed by atoms with Gasteiger partial charge in [-0.25, -0.2) is 14.1 Å². The molecule has 1 aliphatic heterocycles. The van der Waals surface area contributed by atoms with Crippen molar-refractivity contribution in [3.05, 3.63) is 74.4 Å². The number of alkyl halides is 3. The molecule has 32 heavy (non-hydrogen) atoms. The largest absolute Gasteiger partial charge is 0.417 e. The smallest absolute Gasteiger partial charge is 0.374 e. The van der Waals surface area contributed by atoms with E-state index >= 15 is 0 Å². The summed E-state index contributed by atoms with van der Waals surface area (Å²) in [5, 5.41) is 12.8. The maximum atomic E-state index is 13.4. The van der Waals surface area contributed by atoms with Crippen molar-refractivity contribution in [3.8, 4) is 0 Å². The van der Waals surface area contributed by atoms with Gasteiger partial charge in [0.1, 0.15) is 29.1 Å². The summed E-state index contributed by atoms with van der Waals surface area (Å²) >= 11 is 6.10. The Hall–Kier alpha value is -3.25. The van der Waals surface area contributed by atoms with Crippen molar-refractivity contribution in [2.75, 3.05) is 11.4 Å². The van der Waals surface area contributed by atoms with Gasteiger partial charge in [-0.15, -0.1) is 0 Å². The number of hydrogen-bond acceptors (Lipinski definition) is 6. The Bertz CT molecular complexity index is 1270. The van der Waals surface area contributed by atoms with Crippen LogP contribution in [0.15, 0.2) is 35.4 Å². The Morgan fingerprint density at radius 3 is 2.66 bits per heavy atom. The summed E-state index contributed by atoms with van der Waals surface area (Å²) in [5.41, 5.74) is -2.51. The number of nitrogens with zero attached hydrogens (tertiary/aromatic N) is 5. The zero-order valence-electron chi connectivity index (χ0n) is 16.1. The van der Waals surface area contributed by atoms with Crippen LogP contribution >= 0.6 is 11.6 Å². The number of halogens is 5. The van der Waals surface area contributed by atoms with Crippen molar-refractivity contribution >= 4 is 23.1 Å². The molecule has 8 nitrogen and oxygen atoms in total. The first-order chi connectivity index (χ1) is 15.1. The highest BCUT2D eigenvalue weighted by Crippen LogP contribution is 2.34. The molecule has 1 N–H and O–H groups in total. The van der Waals surface area contributed by atoms with E-state index in [0.717, 1.165) is 23.0 Å². The van der Waals surface area contributed by atoms with Gasteiger partial charge in [0.05, 0.1) is 30.2 Å². The van der Waals surface area contributed by atoms with Gasteiger partial charge in [-0.1, -0.05) is 11.6 Å². The molecule has 4 rings (SSSR count). The molecule has 0 aliphatic carbocycles. The number of benzene rings is 1. The lowest BCUT2D eigenvalue weighted by Crippen LogP contribution is -2.37. The van der Waals surface area contributed by atoms with Crippen LogP contribution in [-0.2, 0) is 26.0 Å². The van der Waals surface area contributed by atoms with Crippen molar-refractivity contribution < 1.29 is 27.5 Å². The number of aliphatic hydroxyl groups is 1. The van der Waals surface area contributed by atoms with Crippen molar-refractivity contribution in [1.29, 1.82) is 0 Å². The molecule has 0 radical (unpaired) electrons. The van der Waals surface area contributed by atoms with Crippen LogP contribution in [-0.4, -0.2) is 36.8 Å². The standard InChI is InChI=1S/C19H14ClF4N5O3/c20-16-13(7-26-29(9-30)18(16)32)27-3-4-28-14(6-25-15(28)8-27)17(31)11-2-1-10(21)5-12(11)19(22,23)24/h1-2,5-7,30H,3-4,8-9H2. The molecule has 13 heteroatoms. The Balaban J connectivity index is 1.66. The number of carbonyl (C=O) groups is 1. The van der Waals surface area contributed by atoms with E-state index < -0.39 is 41.2 Å². The highest BCUT2D eigenvalue weighted by atomic mass is 35.5. The second-order valence-electron chi connectivity index (χ2n) is 6.94. The Morgan fingerprint density at radius 2 is 1.97 bits per heavy atom. The molecule has 3 aromatic rings. The minimum absolute atomic E-state index is 0.0725. The van der Waals surface area contributed by atoms with Gasteiger partial charge < -0.3 is 14.6 Å². The molecule has 3 heterocycles. The predicted octanol–water partition coefficient (Wildman–Crippen LogP) is 2.45. The number of carbonyl (C=O) groups excluding carboxylic acids is 1. The van der Waals surface area contributed by atoms with E-state index in [1.807, 2.05) is 0 Å². The number of fused-ring (bicyclic) bond motifs is 1. The van der Waals surface area contributed by atoms with Crippen molar-refractivity contribution in [2.24, 2.45) is 0 Å². The predicted molar refractivity (Wildman–Crippen MR) is 104 cm³/mol. The molecule has 1 aliphatic rings. The van der Waals surface area contributed by atoms with Gasteiger partial charge in [-0.3, -0.25) is 9.59 Å². The normalized spacial score (nSPS) is 13.9. The van der Waals surface area contributed by atoms with Gasteiger partial charge in [0, 0.05) is 18.7 Å². The van der Waals surface area contributed by atoms with E-state index in [1.54, 1.807) is 4.90 Å². The number of anilines is 1. The Labute approximate surface area is 182 Å². The number of rotatable bonds is 4. The van der Waals surface area contributed by atoms with Gasteiger partial charge in [-0.05, 0) is 18.2 Å². The van der Waals surface area contributed by atoms with E-state index in [2.05, 4.69) is 10.1 Å². The summed E-state index contributed by atoms with van der Waals surface area (Å²) in [6, 6.07) is 1.88. The zero-order chi connectivity index (χ0) is 23.2. The van der Waals surface area contributed by atoms with Crippen LogP contribution in [0.2, 0.25) is 5.02 Å². The molecule has 0 saturated carbocycles. The number of hydrogen-bond donors (Lipinski definition) is 1. The molecule has 0 atom stereocenters. The molecule has 0 saturated heterocycles. The third-order valence-electron chi connectivity index (χ3n) is 5.07. The van der Waals surface area contributed by atoms with Crippen LogP contribution in [0.3, 0.4) is 0 Å². The summed E-state index contributed by atoms with van der Waals surface area (Å²) in [4.78, 5) is 30.8. The second kappa shape index (κ2) is 8.02. The molecule has 0 spiro atoms. The van der Waals surface area contributed by atoms with Gasteiger partial charge in [-0.2, -0.15) is 18.3 Å². The third-order valence-corrected chi connectivity index (χ3v) is 5.42. The maximum Gasteiger partial charge on any atom is 0.417 e. The first-order valence-electron chi connectivity index (χ1n) is 9.19. The maximum absolute atomic E-state index is 13.4. The summed E-state index contributed by atoms with van der Waals surface area (Å²) < 4.78 is 55.6. The fourth-order valence-corrected chi connectivity index (χ4v) is 3.78. The first-order valence-corrected chi connectivity index (χ1v) is 9.57. The number of aromatic nitrogens is 4. The molecule has 0 fully saturated rings. The monoisotopic (exact) mass is 471 g/mol. The average molecular weight is 472 g/mol. The van der Waals surface area contributed by atoms with Crippen LogP contribution in [0.4, 0.5) is 23.2 Å². The van der Waals surface area contributed by atoms with E-state index in [0.29, 0.717) is 11.5 Å². The topological polar surface area (TPSA) is 93.2 Å². The SMILES string of the molecule is O=C(c1ccc(F)cc1C(F)(F)F)c1cnc2n1CCN(c1cnn(CO)c(=O)c1Cl)C2. The third kappa shape index (κ3) is 3.75. The molecule has 0 bridgehead atoms. The number of aliphatic hydroxyl groups excluding tert-OH is 1. The number of imidazole rings is 1. The lowest BCUT2D eigenvalue weighted by molar-refractivity contribution is -0.138. The summed E-state index contributed by atoms with van der Waals surface area (Å²) in [6.45, 7) is -0.119. The van der Waals surface area contributed by atoms with Crippen LogP contribution in [0.25, 0.3) is 0 Å². The van der Waals surface area contributed by atoms with Crippen molar-refractivity contribution in [1.82, 2.24) is 19.3 Å². The Kier molecular flexibility index (Phi) is 5.51. The van der Waals surface area contributed by atoms with Gasteiger partial charge >= 0.3 is 6.18 Å². The minimum Gasteiger partial charge on any atom is -0.374 e. The van der Waals surface area contributed by atoms with E-state index in [-0.39, 0.29) is 36.4 Å². The van der Waals surface area contributed by atoms with Gasteiger partial charge in [0.25, 0.3) is 5.56 Å². The van der Waals surface area contributed by atoms with Crippen LogP contribution in [0, 0.1) is 5.82 Å². The summed E-state index contributed by atoms with van der Waals surface area (Å²) in [7, 11) is 0. The summed E-state index contributed by atoms with van der Waals surface area (Å²) in [6.07, 6.45) is -2.44. The average Bonchev–Trinajstić information content (AvgIpc) is 3.17. The van der Waals surface area contributed by atoms with E-state index in [4.69, 9.17) is 16.7 Å². The molecule has 0 amide bonds. The van der Waals surface area contributed by atoms with Gasteiger partial charge in [0.15, 0.2) is 0 Å². The second-order valence-corrected chi connectivity index (χ2v) is 7.32. The quantitative estimate of drug-likeness (QED) is 0.464. The van der Waals surface area contributed by atoms with Crippen LogP contribution < -0.4 is 10.5 Å². The lowest BCUT2D eigenvalue weighted by atomic mass is 10.0. The lowest BCUT2D eigenvalue weighted by Gasteiger charge is -2.30. The van der Waals surface area contributed by atoms with Crippen LogP contribution in [0.5, 0.6) is 0 Å². The molecule has 168 valence electrons. The minimum atomic E-state index is -4.91. The molecular weight excluding hydrogens is 458 g/mol. The molecule has 0 unspecified atom stereocenters. The first kappa shape index (κ1) is 22.0. The van der Waals surface area contributed by atoms with Crippen LogP contribution in [0.1, 0.15) is 27.4 Å². The molecule has 2 aromatic heterocycles. The van der Waals surface area contributed by atoms with Crippen molar-refractivity contribution in [3.63, 3.8) is 0 Å². The zero-order valence-corrected chi connectivity index (χ0v) is 16.9. The van der Waals surface area contributed by atoms with Gasteiger partial charge in [0.2, 0.25) is 5.78 Å². The molecular formula is C19H14ClF4N5O3. The highest BCUT2D eigenvalue weighted by molar-refractivity contribution is 6.33. The van der Waals surface area contributed by atoms with E-state index in [1.165, 1.54) is 10.8 Å². The number of ketones is 1. The fraction of sp³-hybridized carbons (Fsp3) is 0.263. The van der Waals surface area contributed by atoms with E-state index in [9.17, 15) is 27.2 Å². The van der Waals surface area contributed by atoms with Crippen molar-refractivity contribution in [2.45, 2.75) is 26.0 Å². The highest BCUT2D eigenvalue weighted by Gasteiger charge is 2.37. The Morgan fingerprint density at radius 1 is 1.22 bits per heavy atom.